The number of ether oxygens (including phenoxy) is 3. The lowest BCUT2D eigenvalue weighted by Crippen LogP contribution is -2.74. The Morgan fingerprint density at radius 3 is 2.60 bits per heavy atom. The zero-order valence-electron chi connectivity index (χ0n) is 11.8. The fourth-order valence-electron chi connectivity index (χ4n) is 4.82. The molecule has 1 unspecified atom stereocenters. The number of rotatable bonds is 1. The summed E-state index contributed by atoms with van der Waals surface area (Å²) in [5, 5.41) is 11.0. The van der Waals surface area contributed by atoms with E-state index in [4.69, 9.17) is 24.9 Å². The normalized spacial score (nSPS) is 53.2. The van der Waals surface area contributed by atoms with Crippen LogP contribution >= 0.6 is 0 Å². The third kappa shape index (κ3) is 1.55. The molecular formula is C14H23NO5. The lowest BCUT2D eigenvalue weighted by molar-refractivity contribution is -0.349. The first-order valence-corrected chi connectivity index (χ1v) is 7.50. The fourth-order valence-corrected chi connectivity index (χ4v) is 4.82. The van der Waals surface area contributed by atoms with E-state index in [1.807, 2.05) is 0 Å². The molecule has 2 saturated heterocycles. The van der Waals surface area contributed by atoms with Crippen LogP contribution in [0.4, 0.5) is 0 Å². The van der Waals surface area contributed by atoms with E-state index < -0.39 is 11.4 Å². The van der Waals surface area contributed by atoms with Gasteiger partial charge in [-0.15, -0.1) is 0 Å². The zero-order chi connectivity index (χ0) is 14.0. The Hall–Kier alpha value is -0.240. The number of aliphatic hydroxyl groups is 1. The number of nitrogens with two attached hydrogens (primary N) is 1. The Labute approximate surface area is 118 Å². The molecule has 4 aliphatic rings. The van der Waals surface area contributed by atoms with Crippen molar-refractivity contribution in [2.24, 2.45) is 17.2 Å². The highest BCUT2D eigenvalue weighted by atomic mass is 16.7. The molecule has 4 fully saturated rings. The molecule has 5 atom stereocenters. The quantitative estimate of drug-likeness (QED) is 0.676. The van der Waals surface area contributed by atoms with Gasteiger partial charge in [0.2, 0.25) is 0 Å². The molecule has 114 valence electrons. The van der Waals surface area contributed by atoms with Crippen molar-refractivity contribution in [3.8, 4) is 0 Å². The molecule has 6 heteroatoms. The first-order chi connectivity index (χ1) is 9.52. The van der Waals surface area contributed by atoms with Crippen LogP contribution in [0.2, 0.25) is 0 Å². The van der Waals surface area contributed by atoms with Gasteiger partial charge >= 0.3 is 0 Å². The minimum atomic E-state index is -0.785. The molecular weight excluding hydrogens is 262 g/mol. The molecule has 2 aliphatic heterocycles. The molecule has 0 aromatic carbocycles. The van der Waals surface area contributed by atoms with Gasteiger partial charge in [-0.2, -0.15) is 0 Å². The Morgan fingerprint density at radius 2 is 2.00 bits per heavy atom. The summed E-state index contributed by atoms with van der Waals surface area (Å²) in [4.78, 5) is 5.24. The monoisotopic (exact) mass is 285 g/mol. The van der Waals surface area contributed by atoms with E-state index in [-0.39, 0.29) is 23.5 Å². The fraction of sp³-hybridized carbons (Fsp3) is 1.00. The molecule has 1 spiro atoms. The summed E-state index contributed by atoms with van der Waals surface area (Å²) in [7, 11) is 0. The van der Waals surface area contributed by atoms with Crippen LogP contribution in [0.3, 0.4) is 0 Å². The van der Waals surface area contributed by atoms with Crippen molar-refractivity contribution >= 4 is 0 Å². The Morgan fingerprint density at radius 1 is 1.25 bits per heavy atom. The molecule has 0 bridgehead atoms. The van der Waals surface area contributed by atoms with Crippen LogP contribution < -0.4 is 5.90 Å². The number of fused-ring (bicyclic) bond motifs is 3. The van der Waals surface area contributed by atoms with Crippen molar-refractivity contribution in [1.82, 2.24) is 0 Å². The highest BCUT2D eigenvalue weighted by molar-refractivity contribution is 5.16. The van der Waals surface area contributed by atoms with Crippen LogP contribution in [-0.4, -0.2) is 48.5 Å². The van der Waals surface area contributed by atoms with Crippen molar-refractivity contribution in [2.75, 3.05) is 19.8 Å². The highest BCUT2D eigenvalue weighted by Gasteiger charge is 2.68. The van der Waals surface area contributed by atoms with Crippen LogP contribution in [-0.2, 0) is 19.0 Å². The minimum absolute atomic E-state index is 0.0305. The average Bonchev–Trinajstić information content (AvgIpc) is 2.88. The predicted molar refractivity (Wildman–Crippen MR) is 68.5 cm³/mol. The topological polar surface area (TPSA) is 83.2 Å². The van der Waals surface area contributed by atoms with Crippen molar-refractivity contribution in [3.05, 3.63) is 0 Å². The third-order valence-electron chi connectivity index (χ3n) is 6.17. The average molecular weight is 285 g/mol. The van der Waals surface area contributed by atoms with Gasteiger partial charge in [0.25, 0.3) is 0 Å². The largest absolute Gasteiger partial charge is 0.384 e. The maximum atomic E-state index is 11.0. The molecule has 6 nitrogen and oxygen atoms in total. The summed E-state index contributed by atoms with van der Waals surface area (Å²) in [6, 6.07) is 0. The Bertz CT molecular complexity index is 412. The Kier molecular flexibility index (Phi) is 2.79. The molecule has 2 saturated carbocycles. The summed E-state index contributed by atoms with van der Waals surface area (Å²) in [6.45, 7) is 3.84. The summed E-state index contributed by atoms with van der Waals surface area (Å²) in [5.41, 5.74) is -0.934. The summed E-state index contributed by atoms with van der Waals surface area (Å²) >= 11 is 0. The molecule has 0 radical (unpaired) electrons. The van der Waals surface area contributed by atoms with Crippen LogP contribution in [0.25, 0.3) is 0 Å². The van der Waals surface area contributed by atoms with Crippen LogP contribution in [0.1, 0.15) is 32.6 Å². The van der Waals surface area contributed by atoms with Crippen molar-refractivity contribution in [3.63, 3.8) is 0 Å². The molecule has 0 amide bonds. The van der Waals surface area contributed by atoms with Crippen LogP contribution in [0, 0.1) is 11.3 Å². The van der Waals surface area contributed by atoms with Crippen LogP contribution in [0.5, 0.6) is 0 Å². The summed E-state index contributed by atoms with van der Waals surface area (Å²) in [6.07, 6.45) is 2.81. The van der Waals surface area contributed by atoms with Gasteiger partial charge in [-0.25, -0.2) is 5.90 Å². The second-order valence-corrected chi connectivity index (χ2v) is 7.02. The molecule has 2 heterocycles. The maximum absolute atomic E-state index is 11.0. The van der Waals surface area contributed by atoms with E-state index >= 15 is 0 Å². The van der Waals surface area contributed by atoms with E-state index in [2.05, 4.69) is 6.92 Å². The van der Waals surface area contributed by atoms with Gasteiger partial charge in [-0.05, 0) is 6.42 Å². The maximum Gasteiger partial charge on any atom is 0.168 e. The first kappa shape index (κ1) is 13.4. The van der Waals surface area contributed by atoms with Gasteiger partial charge in [0.1, 0.15) is 5.60 Å². The third-order valence-corrected chi connectivity index (χ3v) is 6.17. The number of hydrogen-bond acceptors (Lipinski definition) is 6. The summed E-state index contributed by atoms with van der Waals surface area (Å²) in [5.74, 6) is 5.03. The van der Waals surface area contributed by atoms with E-state index in [9.17, 15) is 5.11 Å². The molecule has 2 aliphatic carbocycles. The summed E-state index contributed by atoms with van der Waals surface area (Å²) < 4.78 is 17.2. The van der Waals surface area contributed by atoms with Gasteiger partial charge in [0.15, 0.2) is 5.79 Å². The zero-order valence-corrected chi connectivity index (χ0v) is 11.8. The standard InChI is InChI=1S/C14H23NO5/c1-12-2-3-13(18-4-5-19-13)7-9(12)14(16)8-17-11(14)6-10(12)20-15/h9-11,16H,2-8,15H2,1H3/t9-,10-,11?,12-,14+/m0/s1. The van der Waals surface area contributed by atoms with E-state index in [0.717, 1.165) is 12.8 Å². The van der Waals surface area contributed by atoms with Crippen molar-refractivity contribution in [1.29, 1.82) is 0 Å². The van der Waals surface area contributed by atoms with Crippen LogP contribution in [0.15, 0.2) is 0 Å². The molecule has 20 heavy (non-hydrogen) atoms. The van der Waals surface area contributed by atoms with E-state index in [0.29, 0.717) is 32.7 Å². The predicted octanol–water partition coefficient (Wildman–Crippen LogP) is 0.328. The Balaban J connectivity index is 1.68. The van der Waals surface area contributed by atoms with E-state index in [1.165, 1.54) is 0 Å². The highest BCUT2D eigenvalue weighted by Crippen LogP contribution is 2.61. The van der Waals surface area contributed by atoms with Gasteiger partial charge in [-0.3, -0.25) is 0 Å². The second-order valence-electron chi connectivity index (χ2n) is 7.02. The van der Waals surface area contributed by atoms with Gasteiger partial charge < -0.3 is 24.2 Å². The molecule has 0 aromatic heterocycles. The van der Waals surface area contributed by atoms with Gasteiger partial charge in [0, 0.05) is 30.6 Å². The van der Waals surface area contributed by atoms with Crippen molar-refractivity contribution < 1.29 is 24.2 Å². The molecule has 3 N–H and O–H groups in total. The van der Waals surface area contributed by atoms with Gasteiger partial charge in [0.05, 0.1) is 32.0 Å². The second kappa shape index (κ2) is 4.15. The number of hydrogen-bond donors (Lipinski definition) is 2. The lowest BCUT2D eigenvalue weighted by atomic mass is 9.50. The molecule has 0 aromatic rings. The SMILES string of the molecule is C[C@]12CCC3(C[C@@H]1[C@]1(O)COC1C[C@@H]2ON)OCCO3. The first-order valence-electron chi connectivity index (χ1n) is 7.50. The molecule has 4 rings (SSSR count). The minimum Gasteiger partial charge on any atom is -0.384 e. The smallest absolute Gasteiger partial charge is 0.168 e. The van der Waals surface area contributed by atoms with E-state index in [1.54, 1.807) is 0 Å². The van der Waals surface area contributed by atoms with Crippen molar-refractivity contribution in [2.45, 2.75) is 56.2 Å². The van der Waals surface area contributed by atoms with Gasteiger partial charge in [-0.1, -0.05) is 6.92 Å². The lowest BCUT2D eigenvalue weighted by Gasteiger charge is -2.64.